The molecule has 3 heterocycles. The van der Waals surface area contributed by atoms with Gasteiger partial charge in [0.05, 0.1) is 29.8 Å². The fourth-order valence-electron chi connectivity index (χ4n) is 3.37. The summed E-state index contributed by atoms with van der Waals surface area (Å²) in [7, 11) is 0. The van der Waals surface area contributed by atoms with Crippen molar-refractivity contribution in [3.63, 3.8) is 0 Å². The highest BCUT2D eigenvalue weighted by Crippen LogP contribution is 2.26. The molecule has 1 aliphatic rings. The topological polar surface area (TPSA) is 62.4 Å². The maximum atomic E-state index is 9.54. The molecule has 0 saturated carbocycles. The molecular formula is C20H20N4O. The molecule has 0 atom stereocenters. The molecule has 0 fully saturated rings. The SMILES string of the molecule is Cc1cc(NCCC2=CCOCC2)n2c(nc3ccccc32)c1C#N. The molecule has 2 aromatic heterocycles. The molecule has 5 heteroatoms. The lowest BCUT2D eigenvalue weighted by atomic mass is 10.1. The van der Waals surface area contributed by atoms with Crippen molar-refractivity contribution >= 4 is 22.5 Å². The number of para-hydroxylation sites is 2. The largest absolute Gasteiger partial charge is 0.377 e. The van der Waals surface area contributed by atoms with Crippen LogP contribution in [0.15, 0.2) is 42.0 Å². The predicted octanol–water partition coefficient (Wildman–Crippen LogP) is 3.82. The van der Waals surface area contributed by atoms with Gasteiger partial charge in [0.1, 0.15) is 11.9 Å². The first kappa shape index (κ1) is 15.7. The van der Waals surface area contributed by atoms with Gasteiger partial charge >= 0.3 is 0 Å². The lowest BCUT2D eigenvalue weighted by molar-refractivity contribution is 0.153. The molecule has 0 bridgehead atoms. The van der Waals surface area contributed by atoms with Crippen molar-refractivity contribution < 1.29 is 4.74 Å². The molecule has 0 radical (unpaired) electrons. The first-order valence-corrected chi connectivity index (χ1v) is 8.58. The van der Waals surface area contributed by atoms with Crippen LogP contribution in [-0.2, 0) is 4.74 Å². The minimum Gasteiger partial charge on any atom is -0.377 e. The number of nitriles is 1. The molecule has 4 rings (SSSR count). The van der Waals surface area contributed by atoms with E-state index in [1.807, 2.05) is 37.3 Å². The second-order valence-electron chi connectivity index (χ2n) is 6.32. The van der Waals surface area contributed by atoms with Crippen molar-refractivity contribution in [2.75, 3.05) is 25.1 Å². The summed E-state index contributed by atoms with van der Waals surface area (Å²) in [6.07, 6.45) is 4.19. The number of nitrogens with zero attached hydrogens (tertiary/aromatic N) is 3. The average molecular weight is 332 g/mol. The standard InChI is InChI=1S/C20H20N4O/c1-14-12-19(22-9-6-15-7-10-25-11-8-15)24-18-5-3-2-4-17(18)23-20(24)16(14)13-21/h2-5,7,12,22H,6,8-11H2,1H3. The Kier molecular flexibility index (Phi) is 4.12. The van der Waals surface area contributed by atoms with E-state index in [4.69, 9.17) is 4.74 Å². The van der Waals surface area contributed by atoms with Crippen LogP contribution in [0.2, 0.25) is 0 Å². The van der Waals surface area contributed by atoms with Crippen LogP contribution in [0.5, 0.6) is 0 Å². The zero-order valence-corrected chi connectivity index (χ0v) is 14.2. The number of rotatable bonds is 4. The Balaban J connectivity index is 1.72. The number of imidazole rings is 1. The number of nitrogens with one attached hydrogen (secondary N) is 1. The quantitative estimate of drug-likeness (QED) is 0.738. The fraction of sp³-hybridized carbons (Fsp3) is 0.300. The molecule has 1 aliphatic heterocycles. The number of aryl methyl sites for hydroxylation is 1. The molecule has 5 nitrogen and oxygen atoms in total. The van der Waals surface area contributed by atoms with Gasteiger partial charge in [-0.25, -0.2) is 4.98 Å². The lowest BCUT2D eigenvalue weighted by Gasteiger charge is -2.15. The molecule has 1 N–H and O–H groups in total. The summed E-state index contributed by atoms with van der Waals surface area (Å²) in [5.74, 6) is 0.979. The predicted molar refractivity (Wildman–Crippen MR) is 98.8 cm³/mol. The number of anilines is 1. The van der Waals surface area contributed by atoms with Gasteiger partial charge in [0, 0.05) is 6.54 Å². The Bertz CT molecular complexity index is 1010. The van der Waals surface area contributed by atoms with Crippen LogP contribution in [0.1, 0.15) is 24.0 Å². The maximum Gasteiger partial charge on any atom is 0.157 e. The maximum absolute atomic E-state index is 9.54. The van der Waals surface area contributed by atoms with Crippen molar-refractivity contribution in [2.45, 2.75) is 19.8 Å². The Morgan fingerprint density at radius 2 is 2.24 bits per heavy atom. The number of hydrogen-bond donors (Lipinski definition) is 1. The number of aromatic nitrogens is 2. The summed E-state index contributed by atoms with van der Waals surface area (Å²) < 4.78 is 7.42. The number of ether oxygens (including phenoxy) is 1. The van der Waals surface area contributed by atoms with Crippen molar-refractivity contribution in [3.05, 3.63) is 53.1 Å². The molecule has 126 valence electrons. The first-order chi connectivity index (χ1) is 12.3. The lowest BCUT2D eigenvalue weighted by Crippen LogP contribution is -2.11. The summed E-state index contributed by atoms with van der Waals surface area (Å²) in [4.78, 5) is 4.68. The normalized spacial score (nSPS) is 14.5. The summed E-state index contributed by atoms with van der Waals surface area (Å²) in [5, 5.41) is 13.1. The third-order valence-electron chi connectivity index (χ3n) is 4.69. The van der Waals surface area contributed by atoms with Crippen molar-refractivity contribution in [3.8, 4) is 6.07 Å². The van der Waals surface area contributed by atoms with Crippen LogP contribution in [0, 0.1) is 18.3 Å². The average Bonchev–Trinajstić information content (AvgIpc) is 3.02. The zero-order chi connectivity index (χ0) is 17.2. The van der Waals surface area contributed by atoms with Crippen molar-refractivity contribution in [1.29, 1.82) is 5.26 Å². The van der Waals surface area contributed by atoms with Crippen molar-refractivity contribution in [2.24, 2.45) is 0 Å². The van der Waals surface area contributed by atoms with Gasteiger partial charge in [0.25, 0.3) is 0 Å². The van der Waals surface area contributed by atoms with Crippen LogP contribution in [-0.4, -0.2) is 29.1 Å². The third-order valence-corrected chi connectivity index (χ3v) is 4.69. The second-order valence-corrected chi connectivity index (χ2v) is 6.32. The van der Waals surface area contributed by atoms with Crippen LogP contribution in [0.3, 0.4) is 0 Å². The highest BCUT2D eigenvalue weighted by atomic mass is 16.5. The van der Waals surface area contributed by atoms with Gasteiger partial charge in [-0.1, -0.05) is 23.8 Å². The van der Waals surface area contributed by atoms with E-state index in [0.29, 0.717) is 5.56 Å². The van der Waals surface area contributed by atoms with Gasteiger partial charge in [0.2, 0.25) is 0 Å². The van der Waals surface area contributed by atoms with Crippen molar-refractivity contribution in [1.82, 2.24) is 9.38 Å². The van der Waals surface area contributed by atoms with E-state index in [0.717, 1.165) is 60.7 Å². The van der Waals surface area contributed by atoms with Crippen LogP contribution < -0.4 is 5.32 Å². The fourth-order valence-corrected chi connectivity index (χ4v) is 3.37. The number of pyridine rings is 1. The van der Waals surface area contributed by atoms with E-state index in [2.05, 4.69) is 26.8 Å². The summed E-state index contributed by atoms with van der Waals surface area (Å²) >= 11 is 0. The van der Waals surface area contributed by atoms with E-state index < -0.39 is 0 Å². The van der Waals surface area contributed by atoms with Crippen LogP contribution >= 0.6 is 0 Å². The number of benzene rings is 1. The van der Waals surface area contributed by atoms with E-state index in [9.17, 15) is 5.26 Å². The smallest absolute Gasteiger partial charge is 0.157 e. The number of hydrogen-bond acceptors (Lipinski definition) is 4. The minimum atomic E-state index is 0.633. The van der Waals surface area contributed by atoms with Gasteiger partial charge < -0.3 is 10.1 Å². The summed E-state index contributed by atoms with van der Waals surface area (Å²) in [5.41, 5.74) is 5.65. The second kappa shape index (κ2) is 6.58. The highest BCUT2D eigenvalue weighted by molar-refractivity contribution is 5.85. The monoisotopic (exact) mass is 332 g/mol. The highest BCUT2D eigenvalue weighted by Gasteiger charge is 2.14. The molecule has 0 spiro atoms. The molecule has 0 unspecified atom stereocenters. The Morgan fingerprint density at radius 1 is 1.36 bits per heavy atom. The van der Waals surface area contributed by atoms with E-state index in [1.165, 1.54) is 5.57 Å². The van der Waals surface area contributed by atoms with E-state index in [-0.39, 0.29) is 0 Å². The van der Waals surface area contributed by atoms with Crippen LogP contribution in [0.4, 0.5) is 5.82 Å². The summed E-state index contributed by atoms with van der Waals surface area (Å²) in [6, 6.07) is 12.3. The molecule has 1 aromatic carbocycles. The van der Waals surface area contributed by atoms with Gasteiger partial charge in [-0.15, -0.1) is 0 Å². The van der Waals surface area contributed by atoms with E-state index in [1.54, 1.807) is 0 Å². The molecule has 25 heavy (non-hydrogen) atoms. The zero-order valence-electron chi connectivity index (χ0n) is 14.2. The molecule has 0 aliphatic carbocycles. The van der Waals surface area contributed by atoms with Crippen LogP contribution in [0.25, 0.3) is 16.7 Å². The molecule has 0 amide bonds. The summed E-state index contributed by atoms with van der Waals surface area (Å²) in [6.45, 7) is 4.35. The molecular weight excluding hydrogens is 312 g/mol. The Morgan fingerprint density at radius 3 is 3.04 bits per heavy atom. The van der Waals surface area contributed by atoms with E-state index >= 15 is 0 Å². The van der Waals surface area contributed by atoms with Gasteiger partial charge in [-0.05, 0) is 43.5 Å². The Hall–Kier alpha value is -2.84. The van der Waals surface area contributed by atoms with Gasteiger partial charge in [-0.2, -0.15) is 5.26 Å². The third kappa shape index (κ3) is 2.86. The van der Waals surface area contributed by atoms with Gasteiger partial charge in [-0.3, -0.25) is 4.40 Å². The molecule has 0 saturated heterocycles. The Labute approximate surface area is 146 Å². The minimum absolute atomic E-state index is 0.633. The number of fused-ring (bicyclic) bond motifs is 3. The van der Waals surface area contributed by atoms with Gasteiger partial charge in [0.15, 0.2) is 5.65 Å². The molecule has 3 aromatic rings. The first-order valence-electron chi connectivity index (χ1n) is 8.58.